The van der Waals surface area contributed by atoms with Crippen molar-refractivity contribution < 1.29 is 14.7 Å². The molecule has 1 heterocycles. The summed E-state index contributed by atoms with van der Waals surface area (Å²) in [4.78, 5) is 30.5. The van der Waals surface area contributed by atoms with Crippen molar-refractivity contribution >= 4 is 11.9 Å². The van der Waals surface area contributed by atoms with Gasteiger partial charge < -0.3 is 10.4 Å². The summed E-state index contributed by atoms with van der Waals surface area (Å²) in [5, 5.41) is 12.3. The van der Waals surface area contributed by atoms with E-state index in [9.17, 15) is 14.7 Å². The third-order valence-corrected chi connectivity index (χ3v) is 6.01. The number of nitrogens with zero attached hydrogens (tertiary/aromatic N) is 2. The molecule has 0 radical (unpaired) electrons. The van der Waals surface area contributed by atoms with Crippen LogP contribution in [0.1, 0.15) is 41.6 Å². The van der Waals surface area contributed by atoms with Gasteiger partial charge >= 0.3 is 5.97 Å². The van der Waals surface area contributed by atoms with E-state index < -0.39 is 5.97 Å². The molecule has 2 aliphatic carbocycles. The molecule has 6 nitrogen and oxygen atoms in total. The fraction of sp³-hybridized carbons (Fsp3) is 0.435. The average molecular weight is 393 g/mol. The molecular weight excluding hydrogens is 366 g/mol. The zero-order valence-corrected chi connectivity index (χ0v) is 16.7. The first-order valence-electron chi connectivity index (χ1n) is 10.3. The minimum Gasteiger partial charge on any atom is -0.480 e. The lowest BCUT2D eigenvalue weighted by Crippen LogP contribution is -2.55. The van der Waals surface area contributed by atoms with Gasteiger partial charge in [0.15, 0.2) is 0 Å². The summed E-state index contributed by atoms with van der Waals surface area (Å²) in [6.45, 7) is 2.91. The fourth-order valence-corrected chi connectivity index (χ4v) is 4.10. The number of aliphatic carboxylic acids is 1. The maximum Gasteiger partial charge on any atom is 0.317 e. The number of aromatic nitrogens is 1. The smallest absolute Gasteiger partial charge is 0.317 e. The highest BCUT2D eigenvalue weighted by atomic mass is 16.4. The standard InChI is InChI=1S/C23H27N3O3/c1-15-19(21-7-2-3-10-24-21)5-4-6-20(15)23(29)25-17-11-18(12-17)26(14-22(27)28)13-16-8-9-16/h2-7,10,16-18H,8-9,11-14H2,1H3,(H,25,29)(H,27,28). The highest BCUT2D eigenvalue weighted by molar-refractivity contribution is 5.97. The van der Waals surface area contributed by atoms with E-state index in [1.807, 2.05) is 43.3 Å². The number of nitrogens with one attached hydrogen (secondary N) is 1. The van der Waals surface area contributed by atoms with Crippen molar-refractivity contribution in [3.8, 4) is 11.3 Å². The molecule has 2 fully saturated rings. The van der Waals surface area contributed by atoms with E-state index in [0.29, 0.717) is 11.5 Å². The molecule has 0 aliphatic heterocycles. The first-order valence-corrected chi connectivity index (χ1v) is 10.3. The summed E-state index contributed by atoms with van der Waals surface area (Å²) in [5.41, 5.74) is 3.40. The molecule has 1 aromatic carbocycles. The lowest BCUT2D eigenvalue weighted by Gasteiger charge is -2.42. The number of hydrogen-bond acceptors (Lipinski definition) is 4. The number of carboxylic acid groups (broad SMARTS) is 1. The van der Waals surface area contributed by atoms with Gasteiger partial charge in [0.1, 0.15) is 0 Å². The number of carbonyl (C=O) groups excluding carboxylic acids is 1. The van der Waals surface area contributed by atoms with Gasteiger partial charge in [-0.1, -0.05) is 18.2 Å². The highest BCUT2D eigenvalue weighted by Crippen LogP contribution is 2.34. The van der Waals surface area contributed by atoms with E-state index >= 15 is 0 Å². The maximum atomic E-state index is 12.9. The van der Waals surface area contributed by atoms with Crippen molar-refractivity contribution in [1.29, 1.82) is 0 Å². The van der Waals surface area contributed by atoms with Crippen LogP contribution in [-0.4, -0.2) is 52.0 Å². The first-order chi connectivity index (χ1) is 14.0. The molecule has 1 aromatic heterocycles. The predicted octanol–water partition coefficient (Wildman–Crippen LogP) is 3.11. The van der Waals surface area contributed by atoms with Gasteiger partial charge in [-0.15, -0.1) is 0 Å². The number of carboxylic acids is 1. The Hall–Kier alpha value is -2.73. The number of hydrogen-bond donors (Lipinski definition) is 2. The summed E-state index contributed by atoms with van der Waals surface area (Å²) < 4.78 is 0. The van der Waals surface area contributed by atoms with Crippen molar-refractivity contribution in [3.63, 3.8) is 0 Å². The van der Waals surface area contributed by atoms with E-state index in [-0.39, 0.29) is 24.5 Å². The largest absolute Gasteiger partial charge is 0.480 e. The Morgan fingerprint density at radius 3 is 2.62 bits per heavy atom. The second-order valence-electron chi connectivity index (χ2n) is 8.26. The van der Waals surface area contributed by atoms with Gasteiger partial charge in [0.05, 0.1) is 12.2 Å². The monoisotopic (exact) mass is 393 g/mol. The fourth-order valence-electron chi connectivity index (χ4n) is 4.10. The molecule has 6 heteroatoms. The Bertz CT molecular complexity index is 889. The van der Waals surface area contributed by atoms with Crippen molar-refractivity contribution in [2.45, 2.75) is 44.7 Å². The zero-order valence-electron chi connectivity index (χ0n) is 16.7. The molecular formula is C23H27N3O3. The third kappa shape index (κ3) is 4.65. The maximum absolute atomic E-state index is 12.9. The Balaban J connectivity index is 1.37. The van der Waals surface area contributed by atoms with Crippen LogP contribution in [0.2, 0.25) is 0 Å². The molecule has 2 aliphatic rings. The van der Waals surface area contributed by atoms with Crippen LogP contribution in [0, 0.1) is 12.8 Å². The molecule has 0 saturated heterocycles. The van der Waals surface area contributed by atoms with Crippen LogP contribution in [0.3, 0.4) is 0 Å². The number of amides is 1. The number of carbonyl (C=O) groups is 2. The van der Waals surface area contributed by atoms with E-state index in [0.717, 1.165) is 36.2 Å². The van der Waals surface area contributed by atoms with E-state index in [1.54, 1.807) is 6.20 Å². The molecule has 0 atom stereocenters. The summed E-state index contributed by atoms with van der Waals surface area (Å²) >= 11 is 0. The molecule has 29 heavy (non-hydrogen) atoms. The summed E-state index contributed by atoms with van der Waals surface area (Å²) in [5.74, 6) is -0.198. The van der Waals surface area contributed by atoms with Gasteiger partial charge in [0, 0.05) is 36.0 Å². The molecule has 4 rings (SSSR count). The van der Waals surface area contributed by atoms with E-state index in [1.165, 1.54) is 12.8 Å². The lowest BCUT2D eigenvalue weighted by atomic mass is 9.84. The predicted molar refractivity (Wildman–Crippen MR) is 111 cm³/mol. The third-order valence-electron chi connectivity index (χ3n) is 6.01. The van der Waals surface area contributed by atoms with Crippen molar-refractivity contribution in [3.05, 3.63) is 53.7 Å². The number of benzene rings is 1. The van der Waals surface area contributed by atoms with Crippen LogP contribution < -0.4 is 5.32 Å². The second kappa shape index (κ2) is 8.33. The van der Waals surface area contributed by atoms with Gasteiger partial charge in [0.2, 0.25) is 0 Å². The average Bonchev–Trinajstić information content (AvgIpc) is 3.48. The first kappa shape index (κ1) is 19.6. The van der Waals surface area contributed by atoms with Crippen molar-refractivity contribution in [1.82, 2.24) is 15.2 Å². The summed E-state index contributed by atoms with van der Waals surface area (Å²) in [6.07, 6.45) is 5.78. The number of pyridine rings is 1. The van der Waals surface area contributed by atoms with Crippen LogP contribution in [0.25, 0.3) is 11.3 Å². The van der Waals surface area contributed by atoms with Crippen LogP contribution in [-0.2, 0) is 4.79 Å². The Kier molecular flexibility index (Phi) is 5.62. The minimum atomic E-state index is -0.778. The van der Waals surface area contributed by atoms with Crippen molar-refractivity contribution in [2.24, 2.45) is 5.92 Å². The molecule has 2 saturated carbocycles. The van der Waals surface area contributed by atoms with Crippen molar-refractivity contribution in [2.75, 3.05) is 13.1 Å². The van der Waals surface area contributed by atoms with Gasteiger partial charge in [-0.25, -0.2) is 0 Å². The Labute approximate surface area is 171 Å². The van der Waals surface area contributed by atoms with Gasteiger partial charge in [-0.05, 0) is 62.3 Å². The van der Waals surface area contributed by atoms with Crippen LogP contribution in [0.5, 0.6) is 0 Å². The van der Waals surface area contributed by atoms with Crippen LogP contribution >= 0.6 is 0 Å². The SMILES string of the molecule is Cc1c(C(=O)NC2CC(N(CC(=O)O)CC3CC3)C2)cccc1-c1ccccn1. The van der Waals surface area contributed by atoms with Gasteiger partial charge in [0.25, 0.3) is 5.91 Å². The highest BCUT2D eigenvalue weighted by Gasteiger charge is 2.37. The van der Waals surface area contributed by atoms with E-state index in [4.69, 9.17) is 0 Å². The molecule has 0 unspecified atom stereocenters. The minimum absolute atomic E-state index is 0.0734. The number of rotatable bonds is 8. The molecule has 1 amide bonds. The van der Waals surface area contributed by atoms with Crippen LogP contribution in [0.4, 0.5) is 0 Å². The second-order valence-corrected chi connectivity index (χ2v) is 8.26. The normalized spacial score (nSPS) is 20.9. The topological polar surface area (TPSA) is 82.5 Å². The summed E-state index contributed by atoms with van der Waals surface area (Å²) in [7, 11) is 0. The molecule has 152 valence electrons. The molecule has 2 aromatic rings. The summed E-state index contributed by atoms with van der Waals surface area (Å²) in [6, 6.07) is 11.8. The molecule has 2 N–H and O–H groups in total. The van der Waals surface area contributed by atoms with Gasteiger partial charge in [-0.2, -0.15) is 0 Å². The zero-order chi connectivity index (χ0) is 20.4. The molecule has 0 bridgehead atoms. The molecule has 0 spiro atoms. The lowest BCUT2D eigenvalue weighted by molar-refractivity contribution is -0.139. The van der Waals surface area contributed by atoms with Gasteiger partial charge in [-0.3, -0.25) is 19.5 Å². The Morgan fingerprint density at radius 2 is 1.97 bits per heavy atom. The Morgan fingerprint density at radius 1 is 1.17 bits per heavy atom. The van der Waals surface area contributed by atoms with E-state index in [2.05, 4.69) is 15.2 Å². The van der Waals surface area contributed by atoms with Crippen LogP contribution in [0.15, 0.2) is 42.6 Å². The quantitative estimate of drug-likeness (QED) is 0.720.